The van der Waals surface area contributed by atoms with Crippen LogP contribution in [0.2, 0.25) is 0 Å². The molecule has 0 radical (unpaired) electrons. The van der Waals surface area contributed by atoms with E-state index < -0.39 is 0 Å². The van der Waals surface area contributed by atoms with E-state index in [0.717, 1.165) is 32.5 Å². The molecule has 0 spiro atoms. The molecule has 0 heterocycles. The van der Waals surface area contributed by atoms with Gasteiger partial charge in [-0.3, -0.25) is 0 Å². The van der Waals surface area contributed by atoms with Gasteiger partial charge in [-0.15, -0.1) is 0 Å². The zero-order chi connectivity index (χ0) is 19.2. The monoisotopic (exact) mass is 367 g/mol. The van der Waals surface area contributed by atoms with E-state index in [-0.39, 0.29) is 0 Å². The Labute approximate surface area is 168 Å². The van der Waals surface area contributed by atoms with E-state index in [4.69, 9.17) is 0 Å². The van der Waals surface area contributed by atoms with Crippen molar-refractivity contribution in [3.8, 4) is 0 Å². The lowest BCUT2D eigenvalue weighted by Gasteiger charge is -2.22. The Kier molecular flexibility index (Phi) is 6.04. The molecule has 0 atom stereocenters. The van der Waals surface area contributed by atoms with E-state index in [0.29, 0.717) is 0 Å². The van der Waals surface area contributed by atoms with Gasteiger partial charge >= 0.3 is 0 Å². The van der Waals surface area contributed by atoms with Crippen molar-refractivity contribution < 1.29 is 0 Å². The molecule has 4 rings (SSSR count). The van der Waals surface area contributed by atoms with Gasteiger partial charge < -0.3 is 4.90 Å². The number of benzene rings is 4. The van der Waals surface area contributed by atoms with Gasteiger partial charge in [0.1, 0.15) is 0 Å². The van der Waals surface area contributed by atoms with Crippen LogP contribution in [0.25, 0.3) is 21.5 Å². The molecule has 0 aromatic heterocycles. The maximum absolute atomic E-state index is 2.63. The van der Waals surface area contributed by atoms with Crippen molar-refractivity contribution in [2.24, 2.45) is 0 Å². The van der Waals surface area contributed by atoms with Gasteiger partial charge in [-0.05, 0) is 58.5 Å². The van der Waals surface area contributed by atoms with E-state index in [2.05, 4.69) is 96.8 Å². The van der Waals surface area contributed by atoms with Crippen LogP contribution in [0.3, 0.4) is 0 Å². The second-order valence-corrected chi connectivity index (χ2v) is 7.62. The quantitative estimate of drug-likeness (QED) is 0.344. The molecule has 1 nitrogen and oxygen atoms in total. The second-order valence-electron chi connectivity index (χ2n) is 7.62. The van der Waals surface area contributed by atoms with Crippen LogP contribution < -0.4 is 0 Å². The summed E-state index contributed by atoms with van der Waals surface area (Å²) in [5, 5.41) is 5.49. The Bertz CT molecular complexity index is 956. The number of hydrogen-bond donors (Lipinski definition) is 0. The summed E-state index contributed by atoms with van der Waals surface area (Å²) in [6, 6.07) is 30.9. The highest BCUT2D eigenvalue weighted by molar-refractivity contribution is 5.86. The summed E-state index contributed by atoms with van der Waals surface area (Å²) in [6.45, 7) is 5.68. The minimum Gasteiger partial charge on any atom is -0.303 e. The predicted molar refractivity (Wildman–Crippen MR) is 122 cm³/mol. The first kappa shape index (κ1) is 18.7. The number of fused-ring (bicyclic) bond motifs is 2. The Hall–Kier alpha value is -2.64. The second kappa shape index (κ2) is 9.03. The van der Waals surface area contributed by atoms with E-state index in [1.165, 1.54) is 39.1 Å². The highest BCUT2D eigenvalue weighted by atomic mass is 15.1. The molecule has 0 fully saturated rings. The smallest absolute Gasteiger partial charge is 0.00222 e. The first-order chi connectivity index (χ1) is 13.8. The maximum Gasteiger partial charge on any atom is 0.00222 e. The topological polar surface area (TPSA) is 3.24 Å². The van der Waals surface area contributed by atoms with Crippen LogP contribution in [-0.2, 0) is 12.8 Å². The normalized spacial score (nSPS) is 11.5. The van der Waals surface area contributed by atoms with Crippen LogP contribution >= 0.6 is 0 Å². The van der Waals surface area contributed by atoms with Crippen LogP contribution in [0.1, 0.15) is 24.5 Å². The standard InChI is InChI=1S/C27H29N/c1-2-19-28(20-17-24-13-7-11-22-9-3-5-15-26(22)24)21-18-25-14-8-12-23-10-4-6-16-27(23)25/h3-16H,2,17-21H2,1H3. The van der Waals surface area contributed by atoms with Crippen molar-refractivity contribution in [1.82, 2.24) is 4.90 Å². The number of hydrogen-bond acceptors (Lipinski definition) is 1. The van der Waals surface area contributed by atoms with Crippen LogP contribution in [0.4, 0.5) is 0 Å². The molecule has 0 unspecified atom stereocenters. The molecule has 0 saturated heterocycles. The van der Waals surface area contributed by atoms with E-state index in [1.54, 1.807) is 0 Å². The molecule has 0 aliphatic heterocycles. The summed E-state index contributed by atoms with van der Waals surface area (Å²) in [6.07, 6.45) is 3.42. The summed E-state index contributed by atoms with van der Waals surface area (Å²) in [7, 11) is 0. The van der Waals surface area contributed by atoms with Gasteiger partial charge in [0.25, 0.3) is 0 Å². The van der Waals surface area contributed by atoms with E-state index in [1.807, 2.05) is 0 Å². The fourth-order valence-corrected chi connectivity index (χ4v) is 4.23. The maximum atomic E-state index is 2.63. The lowest BCUT2D eigenvalue weighted by Crippen LogP contribution is -2.29. The lowest BCUT2D eigenvalue weighted by molar-refractivity contribution is 0.281. The van der Waals surface area contributed by atoms with Crippen molar-refractivity contribution in [3.63, 3.8) is 0 Å². The van der Waals surface area contributed by atoms with Crippen molar-refractivity contribution in [3.05, 3.63) is 96.1 Å². The molecule has 1 heteroatoms. The third-order valence-electron chi connectivity index (χ3n) is 5.69. The Morgan fingerprint density at radius 1 is 0.536 bits per heavy atom. The SMILES string of the molecule is CCCN(CCc1cccc2ccccc12)CCc1cccc2ccccc12. The first-order valence-corrected chi connectivity index (χ1v) is 10.5. The van der Waals surface area contributed by atoms with Gasteiger partial charge in [-0.2, -0.15) is 0 Å². The number of rotatable bonds is 8. The predicted octanol–water partition coefficient (Wildman–Crippen LogP) is 6.49. The number of nitrogens with zero attached hydrogens (tertiary/aromatic N) is 1. The van der Waals surface area contributed by atoms with Gasteiger partial charge in [0.05, 0.1) is 0 Å². The van der Waals surface area contributed by atoms with Crippen LogP contribution in [0.15, 0.2) is 84.9 Å². The van der Waals surface area contributed by atoms with Gasteiger partial charge in [0.15, 0.2) is 0 Å². The fraction of sp³-hybridized carbons (Fsp3) is 0.259. The van der Waals surface area contributed by atoms with Crippen LogP contribution in [0, 0.1) is 0 Å². The van der Waals surface area contributed by atoms with E-state index in [9.17, 15) is 0 Å². The molecule has 0 bridgehead atoms. The average Bonchev–Trinajstić information content (AvgIpc) is 2.75. The van der Waals surface area contributed by atoms with Crippen molar-refractivity contribution in [1.29, 1.82) is 0 Å². The molecular weight excluding hydrogens is 338 g/mol. The average molecular weight is 368 g/mol. The summed E-state index contributed by atoms with van der Waals surface area (Å²) >= 11 is 0. The van der Waals surface area contributed by atoms with Crippen LogP contribution in [-0.4, -0.2) is 24.5 Å². The summed E-state index contributed by atoms with van der Waals surface area (Å²) < 4.78 is 0. The summed E-state index contributed by atoms with van der Waals surface area (Å²) in [5.41, 5.74) is 2.92. The first-order valence-electron chi connectivity index (χ1n) is 10.5. The fourth-order valence-electron chi connectivity index (χ4n) is 4.23. The zero-order valence-corrected chi connectivity index (χ0v) is 16.8. The molecule has 0 amide bonds. The Morgan fingerprint density at radius 3 is 1.50 bits per heavy atom. The highest BCUT2D eigenvalue weighted by Gasteiger charge is 2.08. The van der Waals surface area contributed by atoms with Gasteiger partial charge in [0.2, 0.25) is 0 Å². The van der Waals surface area contributed by atoms with Crippen molar-refractivity contribution in [2.75, 3.05) is 19.6 Å². The molecule has 142 valence electrons. The van der Waals surface area contributed by atoms with E-state index >= 15 is 0 Å². The van der Waals surface area contributed by atoms with Crippen LogP contribution in [0.5, 0.6) is 0 Å². The minimum atomic E-state index is 1.11. The lowest BCUT2D eigenvalue weighted by atomic mass is 10.0. The largest absolute Gasteiger partial charge is 0.303 e. The van der Waals surface area contributed by atoms with Gasteiger partial charge in [-0.1, -0.05) is 91.9 Å². The molecule has 0 N–H and O–H groups in total. The van der Waals surface area contributed by atoms with Crippen molar-refractivity contribution in [2.45, 2.75) is 26.2 Å². The molecule has 4 aromatic rings. The summed E-state index contributed by atoms with van der Waals surface area (Å²) in [4.78, 5) is 2.63. The zero-order valence-electron chi connectivity index (χ0n) is 16.8. The summed E-state index contributed by atoms with van der Waals surface area (Å²) in [5.74, 6) is 0. The molecule has 0 saturated carbocycles. The van der Waals surface area contributed by atoms with Gasteiger partial charge in [0, 0.05) is 13.1 Å². The minimum absolute atomic E-state index is 1.11. The Balaban J connectivity index is 1.45. The third kappa shape index (κ3) is 4.26. The highest BCUT2D eigenvalue weighted by Crippen LogP contribution is 2.21. The molecular formula is C27H29N. The Morgan fingerprint density at radius 2 is 1.00 bits per heavy atom. The molecule has 28 heavy (non-hydrogen) atoms. The molecule has 0 aliphatic rings. The van der Waals surface area contributed by atoms with Gasteiger partial charge in [-0.25, -0.2) is 0 Å². The molecule has 0 aliphatic carbocycles. The van der Waals surface area contributed by atoms with Crippen molar-refractivity contribution >= 4 is 21.5 Å². The molecule has 4 aromatic carbocycles. The third-order valence-corrected chi connectivity index (χ3v) is 5.69.